The summed E-state index contributed by atoms with van der Waals surface area (Å²) in [6, 6.07) is 0. The van der Waals surface area contributed by atoms with Crippen molar-refractivity contribution >= 4 is 12.7 Å². The molecule has 0 unspecified atom stereocenters. The zero-order valence-electron chi connectivity index (χ0n) is 5.29. The lowest BCUT2D eigenvalue weighted by Gasteiger charge is -1.97. The van der Waals surface area contributed by atoms with Crippen LogP contribution in [-0.4, -0.2) is 25.9 Å². The third-order valence-corrected chi connectivity index (χ3v) is 0.571. The highest BCUT2D eigenvalue weighted by Crippen LogP contribution is 1.77. The molecule has 52 valence electrons. The quantitative estimate of drug-likeness (QED) is 0.237. The molecule has 9 heavy (non-hydrogen) atoms. The Balaban J connectivity index is 2.91. The zero-order chi connectivity index (χ0) is 7.11. The first-order chi connectivity index (χ1) is 4.27. The van der Waals surface area contributed by atoms with Gasteiger partial charge in [0.05, 0.1) is 0 Å². The number of hydrogen-bond acceptors (Lipinski definition) is 4. The molecule has 0 aliphatic rings. The van der Waals surface area contributed by atoms with Crippen LogP contribution in [0.2, 0.25) is 0 Å². The van der Waals surface area contributed by atoms with E-state index in [4.69, 9.17) is 0 Å². The highest BCUT2D eigenvalue weighted by Gasteiger charge is 1.89. The standard InChI is InChI=1S/C5H9NO3/c1-5(7)8-3-4-9-6-2/h2-4H2,1H3. The van der Waals surface area contributed by atoms with Crippen molar-refractivity contribution in [3.63, 3.8) is 0 Å². The second-order valence-corrected chi connectivity index (χ2v) is 1.30. The van der Waals surface area contributed by atoms with Crippen LogP contribution in [0.15, 0.2) is 5.16 Å². The van der Waals surface area contributed by atoms with E-state index >= 15 is 0 Å². The molecule has 0 heterocycles. The van der Waals surface area contributed by atoms with Crippen LogP contribution in [0.25, 0.3) is 0 Å². The Kier molecular flexibility index (Phi) is 4.49. The van der Waals surface area contributed by atoms with Crippen LogP contribution in [0.4, 0.5) is 0 Å². The average molecular weight is 131 g/mol. The second-order valence-electron chi connectivity index (χ2n) is 1.30. The van der Waals surface area contributed by atoms with Gasteiger partial charge in [0.25, 0.3) is 0 Å². The molecule has 0 atom stereocenters. The van der Waals surface area contributed by atoms with Gasteiger partial charge in [0.15, 0.2) is 6.61 Å². The predicted octanol–water partition coefficient (Wildman–Crippen LogP) is 0.182. The van der Waals surface area contributed by atoms with Gasteiger partial charge in [-0.15, -0.1) is 5.16 Å². The van der Waals surface area contributed by atoms with E-state index in [2.05, 4.69) is 21.4 Å². The SMILES string of the molecule is C=NOCCOC(C)=O. The number of esters is 1. The Morgan fingerprint density at radius 2 is 2.33 bits per heavy atom. The maximum atomic E-state index is 10.1. The molecule has 0 spiro atoms. The summed E-state index contributed by atoms with van der Waals surface area (Å²) in [7, 11) is 0. The van der Waals surface area contributed by atoms with Gasteiger partial charge < -0.3 is 9.57 Å². The first-order valence-corrected chi connectivity index (χ1v) is 2.48. The lowest BCUT2D eigenvalue weighted by Crippen LogP contribution is -2.04. The number of oxime groups is 1. The van der Waals surface area contributed by atoms with E-state index in [1.54, 1.807) is 0 Å². The first-order valence-electron chi connectivity index (χ1n) is 2.48. The van der Waals surface area contributed by atoms with Crippen LogP contribution in [0.5, 0.6) is 0 Å². The van der Waals surface area contributed by atoms with E-state index in [1.165, 1.54) is 6.92 Å². The van der Waals surface area contributed by atoms with E-state index in [-0.39, 0.29) is 19.2 Å². The molecule has 4 heteroatoms. The molecule has 0 saturated carbocycles. The van der Waals surface area contributed by atoms with Gasteiger partial charge >= 0.3 is 5.97 Å². The topological polar surface area (TPSA) is 47.9 Å². The number of carbonyl (C=O) groups is 1. The largest absolute Gasteiger partial charge is 0.462 e. The van der Waals surface area contributed by atoms with Gasteiger partial charge in [-0.1, -0.05) is 0 Å². The van der Waals surface area contributed by atoms with Crippen molar-refractivity contribution in [3.8, 4) is 0 Å². The average Bonchev–Trinajstić information content (AvgIpc) is 1.80. The minimum atomic E-state index is -0.317. The molecule has 0 rings (SSSR count). The molecule has 0 radical (unpaired) electrons. The molecule has 0 aliphatic heterocycles. The maximum absolute atomic E-state index is 10.1. The third-order valence-electron chi connectivity index (χ3n) is 0.571. The summed E-state index contributed by atoms with van der Waals surface area (Å²) in [6.45, 7) is 4.90. The highest BCUT2D eigenvalue weighted by molar-refractivity contribution is 5.65. The van der Waals surface area contributed by atoms with Crippen molar-refractivity contribution in [1.29, 1.82) is 0 Å². The summed E-state index contributed by atoms with van der Waals surface area (Å²) in [5.74, 6) is -0.317. The molecule has 0 fully saturated rings. The van der Waals surface area contributed by atoms with Gasteiger partial charge in [-0.25, -0.2) is 0 Å². The van der Waals surface area contributed by atoms with E-state index in [1.807, 2.05) is 0 Å². The third kappa shape index (κ3) is 6.94. The molecule has 0 aromatic carbocycles. The van der Waals surface area contributed by atoms with Crippen LogP contribution in [0.1, 0.15) is 6.92 Å². The predicted molar refractivity (Wildman–Crippen MR) is 32.1 cm³/mol. The lowest BCUT2D eigenvalue weighted by atomic mass is 10.7. The number of rotatable bonds is 4. The summed E-state index contributed by atoms with van der Waals surface area (Å²) >= 11 is 0. The molecule has 0 saturated heterocycles. The fraction of sp³-hybridized carbons (Fsp3) is 0.600. The molecule has 0 aliphatic carbocycles. The Labute approximate surface area is 53.4 Å². The van der Waals surface area contributed by atoms with E-state index in [0.29, 0.717) is 0 Å². The van der Waals surface area contributed by atoms with Crippen LogP contribution in [-0.2, 0) is 14.4 Å². The lowest BCUT2D eigenvalue weighted by molar-refractivity contribution is -0.142. The van der Waals surface area contributed by atoms with Gasteiger partial charge in [0.2, 0.25) is 0 Å². The van der Waals surface area contributed by atoms with Gasteiger partial charge in [-0.2, -0.15) is 0 Å². The van der Waals surface area contributed by atoms with Crippen LogP contribution >= 0.6 is 0 Å². The van der Waals surface area contributed by atoms with Crippen molar-refractivity contribution in [3.05, 3.63) is 0 Å². The van der Waals surface area contributed by atoms with Crippen molar-refractivity contribution in [2.45, 2.75) is 6.92 Å². The fourth-order valence-electron chi connectivity index (χ4n) is 0.287. The normalized spacial score (nSPS) is 8.11. The number of ether oxygens (including phenoxy) is 1. The van der Waals surface area contributed by atoms with Crippen LogP contribution in [0.3, 0.4) is 0 Å². The van der Waals surface area contributed by atoms with E-state index in [9.17, 15) is 4.79 Å². The molecule has 0 bridgehead atoms. The minimum Gasteiger partial charge on any atom is -0.462 e. The van der Waals surface area contributed by atoms with Gasteiger partial charge in [0, 0.05) is 13.6 Å². The Bertz CT molecular complexity index is 102. The summed E-state index contributed by atoms with van der Waals surface area (Å²) < 4.78 is 4.49. The number of carbonyl (C=O) groups excluding carboxylic acids is 1. The monoisotopic (exact) mass is 131 g/mol. The zero-order valence-corrected chi connectivity index (χ0v) is 5.29. The van der Waals surface area contributed by atoms with Crippen molar-refractivity contribution < 1.29 is 14.4 Å². The van der Waals surface area contributed by atoms with Crippen LogP contribution < -0.4 is 0 Å². The number of nitrogens with zero attached hydrogens (tertiary/aromatic N) is 1. The molecule has 4 nitrogen and oxygen atoms in total. The summed E-state index contributed by atoms with van der Waals surface area (Å²) in [6.07, 6.45) is 0. The van der Waals surface area contributed by atoms with Gasteiger partial charge in [-0.05, 0) is 0 Å². The van der Waals surface area contributed by atoms with Crippen LogP contribution in [0, 0.1) is 0 Å². The molecule has 0 aromatic rings. The molecular formula is C5H9NO3. The summed E-state index contributed by atoms with van der Waals surface area (Å²) in [4.78, 5) is 14.5. The Hall–Kier alpha value is -1.06. The molecule has 0 aromatic heterocycles. The Morgan fingerprint density at radius 1 is 1.67 bits per heavy atom. The minimum absolute atomic E-state index is 0.231. The van der Waals surface area contributed by atoms with Crippen molar-refractivity contribution in [2.75, 3.05) is 13.2 Å². The maximum Gasteiger partial charge on any atom is 0.302 e. The molecule has 0 N–H and O–H groups in total. The number of hydrogen-bond donors (Lipinski definition) is 0. The Morgan fingerprint density at radius 3 is 2.78 bits per heavy atom. The van der Waals surface area contributed by atoms with E-state index in [0.717, 1.165) is 0 Å². The van der Waals surface area contributed by atoms with Gasteiger partial charge in [-0.3, -0.25) is 4.79 Å². The van der Waals surface area contributed by atoms with Crippen molar-refractivity contribution in [1.82, 2.24) is 0 Å². The smallest absolute Gasteiger partial charge is 0.302 e. The molecule has 0 amide bonds. The van der Waals surface area contributed by atoms with Crippen molar-refractivity contribution in [2.24, 2.45) is 5.16 Å². The first kappa shape index (κ1) is 7.94. The summed E-state index contributed by atoms with van der Waals surface area (Å²) in [5.41, 5.74) is 0. The second kappa shape index (κ2) is 5.08. The van der Waals surface area contributed by atoms with Gasteiger partial charge in [0.1, 0.15) is 6.61 Å². The molecular weight excluding hydrogens is 122 g/mol. The fourth-order valence-corrected chi connectivity index (χ4v) is 0.287. The van der Waals surface area contributed by atoms with E-state index < -0.39 is 0 Å². The summed E-state index contributed by atoms with van der Waals surface area (Å²) in [5, 5.41) is 3.09. The highest BCUT2D eigenvalue weighted by atomic mass is 16.6.